The Kier molecular flexibility index (Phi) is 4.37. The second-order valence-corrected chi connectivity index (χ2v) is 6.13. The van der Waals surface area contributed by atoms with Crippen molar-refractivity contribution in [3.63, 3.8) is 0 Å². The van der Waals surface area contributed by atoms with E-state index in [1.807, 2.05) is 36.6 Å². The number of nitrogens with zero attached hydrogens (tertiary/aromatic N) is 4. The van der Waals surface area contributed by atoms with Crippen LogP contribution in [0.5, 0.6) is 0 Å². The number of H-pyrrole nitrogens is 1. The molecule has 0 spiro atoms. The van der Waals surface area contributed by atoms with Gasteiger partial charge in [-0.3, -0.25) is 14.7 Å². The molecular formula is C16H22N6O2. The molecule has 8 heteroatoms. The van der Waals surface area contributed by atoms with E-state index in [4.69, 9.17) is 0 Å². The van der Waals surface area contributed by atoms with E-state index in [2.05, 4.69) is 20.5 Å². The van der Waals surface area contributed by atoms with Crippen LogP contribution in [0, 0.1) is 12.8 Å². The van der Waals surface area contributed by atoms with E-state index in [1.165, 1.54) is 0 Å². The van der Waals surface area contributed by atoms with Crippen LogP contribution in [0.4, 0.5) is 0 Å². The van der Waals surface area contributed by atoms with Gasteiger partial charge in [0.15, 0.2) is 0 Å². The highest BCUT2D eigenvalue weighted by Gasteiger charge is 2.41. The minimum Gasteiger partial charge on any atom is -0.350 e. The number of aryl methyl sites for hydroxylation is 2. The lowest BCUT2D eigenvalue weighted by molar-refractivity contribution is -0.128. The maximum absolute atomic E-state index is 12.3. The fraction of sp³-hybridized carbons (Fsp3) is 0.500. The zero-order valence-electron chi connectivity index (χ0n) is 14.1. The summed E-state index contributed by atoms with van der Waals surface area (Å²) in [5.41, 5.74) is 1.19. The number of carbonyl (C=O) groups excluding carboxylic acids is 2. The van der Waals surface area contributed by atoms with Gasteiger partial charge in [0.05, 0.1) is 6.04 Å². The van der Waals surface area contributed by atoms with E-state index < -0.39 is 0 Å². The highest BCUT2D eigenvalue weighted by Crippen LogP contribution is 2.36. The van der Waals surface area contributed by atoms with Crippen LogP contribution in [0.1, 0.15) is 41.4 Å². The van der Waals surface area contributed by atoms with Gasteiger partial charge in [0.2, 0.25) is 5.91 Å². The first-order chi connectivity index (χ1) is 11.5. The molecule has 2 aromatic rings. The van der Waals surface area contributed by atoms with Crippen molar-refractivity contribution in [1.29, 1.82) is 0 Å². The average Bonchev–Trinajstić information content (AvgIpc) is 3.23. The third-order valence-corrected chi connectivity index (χ3v) is 4.47. The quantitative estimate of drug-likeness (QED) is 0.847. The molecule has 24 heavy (non-hydrogen) atoms. The Bertz CT molecular complexity index is 749. The predicted octanol–water partition coefficient (Wildman–Crippen LogP) is 0.791. The van der Waals surface area contributed by atoms with E-state index in [1.54, 1.807) is 12.3 Å². The van der Waals surface area contributed by atoms with E-state index in [0.717, 1.165) is 11.5 Å². The summed E-state index contributed by atoms with van der Waals surface area (Å²) < 4.78 is 1.93. The molecule has 0 unspecified atom stereocenters. The van der Waals surface area contributed by atoms with Crippen LogP contribution in [-0.2, 0) is 11.8 Å². The van der Waals surface area contributed by atoms with Gasteiger partial charge in [-0.05, 0) is 19.9 Å². The lowest BCUT2D eigenvalue weighted by Gasteiger charge is -2.26. The maximum atomic E-state index is 12.3. The van der Waals surface area contributed by atoms with Gasteiger partial charge in [-0.15, -0.1) is 0 Å². The van der Waals surface area contributed by atoms with E-state index in [0.29, 0.717) is 25.2 Å². The molecule has 2 amide bonds. The number of aromatic amines is 1. The zero-order valence-corrected chi connectivity index (χ0v) is 14.1. The molecule has 0 aliphatic carbocycles. The number of aromatic nitrogens is 4. The summed E-state index contributed by atoms with van der Waals surface area (Å²) in [6.07, 6.45) is 4.01. The summed E-state index contributed by atoms with van der Waals surface area (Å²) in [7, 11) is 1.92. The molecule has 1 aliphatic rings. The minimum atomic E-state index is -0.236. The highest BCUT2D eigenvalue weighted by molar-refractivity contribution is 5.92. The Balaban J connectivity index is 1.74. The van der Waals surface area contributed by atoms with Crippen LogP contribution >= 0.6 is 0 Å². The molecule has 2 aromatic heterocycles. The molecule has 0 bridgehead atoms. The Morgan fingerprint density at radius 2 is 2.29 bits per heavy atom. The zero-order chi connectivity index (χ0) is 17.3. The van der Waals surface area contributed by atoms with E-state index >= 15 is 0 Å². The smallest absolute Gasteiger partial charge is 0.271 e. The molecule has 1 saturated heterocycles. The number of hydrogen-bond acceptors (Lipinski definition) is 4. The van der Waals surface area contributed by atoms with E-state index in [9.17, 15) is 9.59 Å². The fourth-order valence-electron chi connectivity index (χ4n) is 3.28. The van der Waals surface area contributed by atoms with Gasteiger partial charge in [-0.2, -0.15) is 5.10 Å². The Hall–Kier alpha value is -2.64. The number of hydrogen-bond donors (Lipinski definition) is 2. The van der Waals surface area contributed by atoms with Crippen molar-refractivity contribution in [1.82, 2.24) is 30.0 Å². The normalized spacial score (nSPS) is 20.6. The first-order valence-corrected chi connectivity index (χ1v) is 8.08. The van der Waals surface area contributed by atoms with Gasteiger partial charge in [-0.1, -0.05) is 0 Å². The molecule has 0 saturated carbocycles. The third kappa shape index (κ3) is 2.91. The van der Waals surface area contributed by atoms with Crippen LogP contribution in [0.25, 0.3) is 0 Å². The molecular weight excluding hydrogens is 308 g/mol. The lowest BCUT2D eigenvalue weighted by Crippen LogP contribution is -2.35. The molecule has 8 nitrogen and oxygen atoms in total. The number of nitrogens with one attached hydrogen (secondary N) is 2. The predicted molar refractivity (Wildman–Crippen MR) is 87.1 cm³/mol. The summed E-state index contributed by atoms with van der Waals surface area (Å²) in [6.45, 7) is 4.83. The van der Waals surface area contributed by atoms with Crippen LogP contribution in [0.15, 0.2) is 18.5 Å². The molecule has 1 fully saturated rings. The second kappa shape index (κ2) is 6.46. The molecule has 2 N–H and O–H groups in total. The number of amides is 2. The van der Waals surface area contributed by atoms with Gasteiger partial charge >= 0.3 is 0 Å². The molecule has 128 valence electrons. The summed E-state index contributed by atoms with van der Waals surface area (Å²) in [6, 6.07) is 1.58. The first kappa shape index (κ1) is 16.2. The molecule has 0 radical (unpaired) electrons. The van der Waals surface area contributed by atoms with Crippen LogP contribution in [-0.4, -0.2) is 49.6 Å². The summed E-state index contributed by atoms with van der Waals surface area (Å²) in [5.74, 6) is 0.695. The maximum Gasteiger partial charge on any atom is 0.271 e. The third-order valence-electron chi connectivity index (χ3n) is 4.47. The fourth-order valence-corrected chi connectivity index (χ4v) is 3.28. The molecule has 1 aliphatic heterocycles. The van der Waals surface area contributed by atoms with Crippen LogP contribution in [0.3, 0.4) is 0 Å². The first-order valence-electron chi connectivity index (χ1n) is 8.08. The van der Waals surface area contributed by atoms with Gasteiger partial charge in [0.1, 0.15) is 11.5 Å². The summed E-state index contributed by atoms with van der Waals surface area (Å²) >= 11 is 0. The topological polar surface area (TPSA) is 95.9 Å². The summed E-state index contributed by atoms with van der Waals surface area (Å²) in [5, 5.41) is 9.61. The lowest BCUT2D eigenvalue weighted by atomic mass is 9.99. The van der Waals surface area contributed by atoms with Crippen LogP contribution in [0.2, 0.25) is 0 Å². The van der Waals surface area contributed by atoms with Gasteiger partial charge < -0.3 is 14.8 Å². The highest BCUT2D eigenvalue weighted by atomic mass is 16.2. The Morgan fingerprint density at radius 3 is 2.88 bits per heavy atom. The molecule has 3 rings (SSSR count). The van der Waals surface area contributed by atoms with Crippen LogP contribution < -0.4 is 5.32 Å². The second-order valence-electron chi connectivity index (χ2n) is 6.13. The minimum absolute atomic E-state index is 0.0115. The number of likely N-dealkylation sites (tertiary alicyclic amines) is 1. The van der Waals surface area contributed by atoms with Crippen molar-refractivity contribution in [2.45, 2.75) is 26.3 Å². The SMILES string of the molecule is CCN1C(=O)C[C@@H](CNC(=O)c2cc(C)[nH]n2)[C@@H]1c1nccn1C. The molecule has 2 atom stereocenters. The monoisotopic (exact) mass is 330 g/mol. The van der Waals surface area contributed by atoms with Crippen molar-refractivity contribution in [3.05, 3.63) is 35.7 Å². The van der Waals surface area contributed by atoms with Crippen molar-refractivity contribution in [2.24, 2.45) is 13.0 Å². The molecule has 3 heterocycles. The Morgan fingerprint density at radius 1 is 1.50 bits per heavy atom. The largest absolute Gasteiger partial charge is 0.350 e. The average molecular weight is 330 g/mol. The Labute approximate surface area is 140 Å². The van der Waals surface area contributed by atoms with Crippen molar-refractivity contribution >= 4 is 11.8 Å². The standard InChI is InChI=1S/C16H22N6O2/c1-4-22-13(23)8-11(14(22)15-17-5-6-21(15)3)9-18-16(24)12-7-10(2)19-20-12/h5-7,11,14H,4,8-9H2,1-3H3,(H,18,24)(H,19,20)/t11-,14+/m0/s1. The summed E-state index contributed by atoms with van der Waals surface area (Å²) in [4.78, 5) is 30.7. The van der Waals surface area contributed by atoms with Crippen molar-refractivity contribution < 1.29 is 9.59 Å². The van der Waals surface area contributed by atoms with Gasteiger partial charge in [-0.25, -0.2) is 4.98 Å². The number of imidazole rings is 1. The van der Waals surface area contributed by atoms with Crippen molar-refractivity contribution in [3.8, 4) is 0 Å². The van der Waals surface area contributed by atoms with E-state index in [-0.39, 0.29) is 23.8 Å². The van der Waals surface area contributed by atoms with Gasteiger partial charge in [0, 0.05) is 50.6 Å². The number of rotatable bonds is 5. The number of carbonyl (C=O) groups is 2. The molecule has 0 aromatic carbocycles. The van der Waals surface area contributed by atoms with Crippen molar-refractivity contribution in [2.75, 3.05) is 13.1 Å². The van der Waals surface area contributed by atoms with Gasteiger partial charge in [0.25, 0.3) is 5.91 Å².